The van der Waals surface area contributed by atoms with Gasteiger partial charge in [-0.25, -0.2) is 0 Å². The number of anilines is 1. The molecule has 0 aliphatic carbocycles. The minimum Gasteiger partial charge on any atom is -0.356 e. The van der Waals surface area contributed by atoms with Crippen LogP contribution in [-0.2, 0) is 0 Å². The normalized spacial score (nSPS) is 32.0. The van der Waals surface area contributed by atoms with Gasteiger partial charge in [0.15, 0.2) is 0 Å². The second-order valence-electron chi connectivity index (χ2n) is 4.03. The van der Waals surface area contributed by atoms with Crippen molar-refractivity contribution in [2.24, 2.45) is 0 Å². The van der Waals surface area contributed by atoms with Crippen molar-refractivity contribution in [3.8, 4) is 0 Å². The summed E-state index contributed by atoms with van der Waals surface area (Å²) in [4.78, 5) is 2.60. The number of aromatic nitrogens is 2. The van der Waals surface area contributed by atoms with Crippen molar-refractivity contribution in [2.75, 3.05) is 18.4 Å². The van der Waals surface area contributed by atoms with Crippen LogP contribution in [0.2, 0.25) is 0 Å². The Labute approximate surface area is 87.3 Å². The van der Waals surface area contributed by atoms with Gasteiger partial charge in [0, 0.05) is 18.6 Å². The summed E-state index contributed by atoms with van der Waals surface area (Å²) in [7, 11) is 0. The summed E-state index contributed by atoms with van der Waals surface area (Å²) in [6.45, 7) is 2.54. The fourth-order valence-corrected chi connectivity index (χ4v) is 3.15. The third-order valence-corrected chi connectivity index (χ3v) is 3.90. The molecule has 2 aliphatic rings. The van der Waals surface area contributed by atoms with Gasteiger partial charge in [0.25, 0.3) is 0 Å². The first-order valence-electron chi connectivity index (χ1n) is 5.20. The average molecular weight is 210 g/mol. The van der Waals surface area contributed by atoms with Gasteiger partial charge in [0.2, 0.25) is 5.13 Å². The quantitative estimate of drug-likeness (QED) is 0.796. The van der Waals surface area contributed by atoms with E-state index in [9.17, 15) is 0 Å². The highest BCUT2D eigenvalue weighted by Crippen LogP contribution is 2.30. The van der Waals surface area contributed by atoms with Crippen LogP contribution in [0.1, 0.15) is 19.3 Å². The molecular formula is C9H14N4S. The number of nitrogens with zero attached hydrogens (tertiary/aromatic N) is 3. The average Bonchev–Trinajstić information content (AvgIpc) is 2.85. The second-order valence-corrected chi connectivity index (χ2v) is 4.86. The van der Waals surface area contributed by atoms with Crippen molar-refractivity contribution < 1.29 is 0 Å². The van der Waals surface area contributed by atoms with E-state index in [-0.39, 0.29) is 0 Å². The maximum absolute atomic E-state index is 4.03. The summed E-state index contributed by atoms with van der Waals surface area (Å²) in [5.74, 6) is 0. The molecule has 0 amide bonds. The lowest BCUT2D eigenvalue weighted by atomic mass is 10.1. The van der Waals surface area contributed by atoms with Gasteiger partial charge in [-0.15, -0.1) is 10.2 Å². The zero-order valence-corrected chi connectivity index (χ0v) is 8.83. The lowest BCUT2D eigenvalue weighted by Gasteiger charge is -2.20. The van der Waals surface area contributed by atoms with E-state index in [2.05, 4.69) is 20.4 Å². The van der Waals surface area contributed by atoms with E-state index in [4.69, 9.17) is 0 Å². The Morgan fingerprint density at radius 3 is 3.29 bits per heavy atom. The molecule has 1 aromatic rings. The fraction of sp³-hybridized carbons (Fsp3) is 0.778. The maximum Gasteiger partial charge on any atom is 0.205 e. The molecular weight excluding hydrogens is 196 g/mol. The Bertz CT molecular complexity index is 300. The Morgan fingerprint density at radius 1 is 1.43 bits per heavy atom. The molecule has 2 saturated heterocycles. The van der Waals surface area contributed by atoms with Gasteiger partial charge in [-0.3, -0.25) is 4.90 Å². The summed E-state index contributed by atoms with van der Waals surface area (Å²) in [5.41, 5.74) is 1.78. The number of rotatable bonds is 2. The summed E-state index contributed by atoms with van der Waals surface area (Å²) in [6, 6.07) is 1.35. The van der Waals surface area contributed by atoms with E-state index in [1.165, 1.54) is 32.4 Å². The molecule has 0 saturated carbocycles. The minimum absolute atomic E-state index is 0.602. The molecule has 5 heteroatoms. The smallest absolute Gasteiger partial charge is 0.205 e. The van der Waals surface area contributed by atoms with Crippen LogP contribution < -0.4 is 5.32 Å². The largest absolute Gasteiger partial charge is 0.356 e. The Balaban J connectivity index is 1.68. The molecule has 0 bridgehead atoms. The van der Waals surface area contributed by atoms with Gasteiger partial charge < -0.3 is 5.32 Å². The highest BCUT2D eigenvalue weighted by atomic mass is 32.1. The fourth-order valence-electron chi connectivity index (χ4n) is 2.65. The lowest BCUT2D eigenvalue weighted by molar-refractivity contribution is 0.318. The van der Waals surface area contributed by atoms with Crippen molar-refractivity contribution in [3.63, 3.8) is 0 Å². The van der Waals surface area contributed by atoms with Crippen molar-refractivity contribution in [3.05, 3.63) is 5.51 Å². The van der Waals surface area contributed by atoms with Crippen LogP contribution in [0.25, 0.3) is 0 Å². The molecule has 2 fully saturated rings. The van der Waals surface area contributed by atoms with Crippen LogP contribution in [0.5, 0.6) is 0 Å². The first-order valence-corrected chi connectivity index (χ1v) is 6.08. The van der Waals surface area contributed by atoms with Crippen LogP contribution in [0.15, 0.2) is 5.51 Å². The van der Waals surface area contributed by atoms with Crippen molar-refractivity contribution in [1.82, 2.24) is 15.1 Å². The Morgan fingerprint density at radius 2 is 2.43 bits per heavy atom. The topological polar surface area (TPSA) is 41.1 Å². The first-order chi connectivity index (χ1) is 6.93. The zero-order chi connectivity index (χ0) is 9.38. The molecule has 0 spiro atoms. The zero-order valence-electron chi connectivity index (χ0n) is 8.02. The SMILES string of the molecule is c1nnc(NC2CCN3CCCC23)s1. The second kappa shape index (κ2) is 3.47. The van der Waals surface area contributed by atoms with Gasteiger partial charge in [-0.2, -0.15) is 0 Å². The van der Waals surface area contributed by atoms with Gasteiger partial charge in [0.05, 0.1) is 0 Å². The van der Waals surface area contributed by atoms with Gasteiger partial charge in [-0.05, 0) is 25.8 Å². The third kappa shape index (κ3) is 1.40. The summed E-state index contributed by atoms with van der Waals surface area (Å²) < 4.78 is 0. The molecule has 2 aliphatic heterocycles. The van der Waals surface area contributed by atoms with Crippen LogP contribution in [0.4, 0.5) is 5.13 Å². The maximum atomic E-state index is 4.03. The monoisotopic (exact) mass is 210 g/mol. The number of hydrogen-bond acceptors (Lipinski definition) is 5. The molecule has 3 rings (SSSR count). The van der Waals surface area contributed by atoms with E-state index >= 15 is 0 Å². The molecule has 1 aromatic heterocycles. The molecule has 2 unspecified atom stereocenters. The molecule has 0 aromatic carbocycles. The van der Waals surface area contributed by atoms with Gasteiger partial charge in [0.1, 0.15) is 5.51 Å². The van der Waals surface area contributed by atoms with E-state index in [1.807, 2.05) is 0 Å². The Kier molecular flexibility index (Phi) is 2.14. The Hall–Kier alpha value is -0.680. The minimum atomic E-state index is 0.602. The van der Waals surface area contributed by atoms with Gasteiger partial charge >= 0.3 is 0 Å². The summed E-state index contributed by atoms with van der Waals surface area (Å²) in [6.07, 6.45) is 3.96. The molecule has 3 heterocycles. The highest BCUT2D eigenvalue weighted by molar-refractivity contribution is 7.13. The van der Waals surface area contributed by atoms with Crippen molar-refractivity contribution in [2.45, 2.75) is 31.3 Å². The molecule has 76 valence electrons. The van der Waals surface area contributed by atoms with Gasteiger partial charge in [-0.1, -0.05) is 11.3 Å². The number of hydrogen-bond donors (Lipinski definition) is 1. The summed E-state index contributed by atoms with van der Waals surface area (Å²) >= 11 is 1.59. The van der Waals surface area contributed by atoms with Crippen LogP contribution in [0.3, 0.4) is 0 Å². The predicted molar refractivity (Wildman–Crippen MR) is 56.5 cm³/mol. The number of nitrogens with one attached hydrogen (secondary N) is 1. The lowest BCUT2D eigenvalue weighted by Crippen LogP contribution is -2.33. The molecule has 2 atom stereocenters. The molecule has 14 heavy (non-hydrogen) atoms. The van der Waals surface area contributed by atoms with Crippen molar-refractivity contribution in [1.29, 1.82) is 0 Å². The first kappa shape index (κ1) is 8.61. The standard InChI is InChI=1S/C9H14N4S/c1-2-8-7(3-5-13(8)4-1)11-9-12-10-6-14-9/h6-8H,1-5H2,(H,11,12). The molecule has 0 radical (unpaired) electrons. The molecule has 1 N–H and O–H groups in total. The van der Waals surface area contributed by atoms with Crippen LogP contribution in [-0.4, -0.2) is 40.3 Å². The van der Waals surface area contributed by atoms with E-state index in [0.717, 1.165) is 11.2 Å². The molecule has 4 nitrogen and oxygen atoms in total. The van der Waals surface area contributed by atoms with E-state index in [1.54, 1.807) is 16.8 Å². The third-order valence-electron chi connectivity index (χ3n) is 3.27. The van der Waals surface area contributed by atoms with E-state index < -0.39 is 0 Å². The predicted octanol–water partition coefficient (Wildman–Crippen LogP) is 1.19. The van der Waals surface area contributed by atoms with Crippen LogP contribution >= 0.6 is 11.3 Å². The van der Waals surface area contributed by atoms with E-state index in [0.29, 0.717) is 6.04 Å². The summed E-state index contributed by atoms with van der Waals surface area (Å²) in [5, 5.41) is 12.3. The van der Waals surface area contributed by atoms with Crippen molar-refractivity contribution >= 4 is 16.5 Å². The highest BCUT2D eigenvalue weighted by Gasteiger charge is 2.37. The number of fused-ring (bicyclic) bond motifs is 1. The van der Waals surface area contributed by atoms with Crippen LogP contribution in [0, 0.1) is 0 Å².